The molecule has 0 fully saturated rings. The lowest BCUT2D eigenvalue weighted by atomic mass is 10.2. The monoisotopic (exact) mass is 320 g/mol. The van der Waals surface area contributed by atoms with Crippen LogP contribution in [0.2, 0.25) is 0 Å². The highest BCUT2D eigenvalue weighted by Crippen LogP contribution is 2.26. The first kappa shape index (κ1) is 11.6. The molecule has 0 radical (unpaired) electrons. The molecule has 0 N–H and O–H groups in total. The first-order valence-corrected chi connectivity index (χ1v) is 7.02. The Hall–Kier alpha value is -1.46. The van der Waals surface area contributed by atoms with E-state index < -0.39 is 0 Å². The summed E-state index contributed by atoms with van der Waals surface area (Å²) >= 11 is 4.85. The van der Waals surface area contributed by atoms with Crippen LogP contribution in [0, 0.1) is 0 Å². The number of rotatable bonds is 3. The van der Waals surface area contributed by atoms with E-state index >= 15 is 0 Å². The van der Waals surface area contributed by atoms with E-state index in [2.05, 4.69) is 25.9 Å². The van der Waals surface area contributed by atoms with Gasteiger partial charge in [-0.1, -0.05) is 41.7 Å². The van der Waals surface area contributed by atoms with Crippen molar-refractivity contribution in [2.45, 2.75) is 6.61 Å². The summed E-state index contributed by atoms with van der Waals surface area (Å²) in [7, 11) is 0. The van der Waals surface area contributed by atoms with Gasteiger partial charge in [0.2, 0.25) is 5.88 Å². The Morgan fingerprint density at radius 3 is 2.72 bits per heavy atom. The fourth-order valence-electron chi connectivity index (χ4n) is 1.59. The molecule has 0 aliphatic heterocycles. The van der Waals surface area contributed by atoms with Crippen LogP contribution in [0.1, 0.15) is 5.56 Å². The molecule has 0 saturated carbocycles. The second-order valence-corrected chi connectivity index (χ2v) is 5.97. The molecule has 90 valence electrons. The van der Waals surface area contributed by atoms with Crippen LogP contribution in [0.15, 0.2) is 46.4 Å². The van der Waals surface area contributed by atoms with E-state index in [9.17, 15) is 0 Å². The lowest BCUT2D eigenvalue weighted by Gasteiger charge is -2.04. The van der Waals surface area contributed by atoms with Gasteiger partial charge in [0.05, 0.1) is 0 Å². The number of pyridine rings is 1. The maximum absolute atomic E-state index is 5.66. The minimum absolute atomic E-state index is 0.527. The Bertz CT molecular complexity index is 669. The van der Waals surface area contributed by atoms with Crippen LogP contribution < -0.4 is 4.74 Å². The van der Waals surface area contributed by atoms with Gasteiger partial charge in [-0.05, 0) is 27.6 Å². The van der Waals surface area contributed by atoms with Crippen molar-refractivity contribution in [3.63, 3.8) is 0 Å². The highest BCUT2D eigenvalue weighted by molar-refractivity contribution is 9.11. The number of aromatic nitrogens is 2. The van der Waals surface area contributed by atoms with Crippen molar-refractivity contribution in [3.8, 4) is 5.88 Å². The molecule has 18 heavy (non-hydrogen) atoms. The molecule has 3 rings (SSSR count). The van der Waals surface area contributed by atoms with E-state index in [1.54, 1.807) is 0 Å². The van der Waals surface area contributed by atoms with Crippen LogP contribution in [0.4, 0.5) is 0 Å². The number of nitrogens with zero attached hydrogens (tertiary/aromatic N) is 2. The largest absolute Gasteiger partial charge is 0.473 e. The summed E-state index contributed by atoms with van der Waals surface area (Å²) in [6, 6.07) is 13.8. The second-order valence-electron chi connectivity index (χ2n) is 3.71. The predicted octanol–water partition coefficient (Wildman–Crippen LogP) is 4.03. The summed E-state index contributed by atoms with van der Waals surface area (Å²) in [6.45, 7) is 0.527. The summed E-state index contributed by atoms with van der Waals surface area (Å²) in [5, 5.41) is 0. The molecule has 0 saturated heterocycles. The molecule has 0 unspecified atom stereocenters. The zero-order chi connectivity index (χ0) is 12.4. The van der Waals surface area contributed by atoms with Gasteiger partial charge in [0.25, 0.3) is 0 Å². The number of hydrogen-bond donors (Lipinski definition) is 0. The Morgan fingerprint density at radius 2 is 1.89 bits per heavy atom. The molecule has 0 aliphatic rings. The van der Waals surface area contributed by atoms with E-state index in [-0.39, 0.29) is 0 Å². The van der Waals surface area contributed by atoms with Crippen molar-refractivity contribution >= 4 is 37.6 Å². The van der Waals surface area contributed by atoms with Crippen LogP contribution >= 0.6 is 27.3 Å². The predicted molar refractivity (Wildman–Crippen MR) is 75.9 cm³/mol. The summed E-state index contributed by atoms with van der Waals surface area (Å²) in [5.41, 5.74) is 2.02. The van der Waals surface area contributed by atoms with E-state index in [4.69, 9.17) is 4.74 Å². The van der Waals surface area contributed by atoms with Gasteiger partial charge in [-0.3, -0.25) is 0 Å². The molecule has 2 aromatic heterocycles. The van der Waals surface area contributed by atoms with Crippen molar-refractivity contribution in [3.05, 3.63) is 51.9 Å². The van der Waals surface area contributed by atoms with E-state index in [1.165, 1.54) is 11.3 Å². The molecular formula is C13H9BrN2OS. The number of fused-ring (bicyclic) bond motifs is 1. The maximum atomic E-state index is 5.66. The van der Waals surface area contributed by atoms with Crippen molar-refractivity contribution in [2.75, 3.05) is 0 Å². The standard InChI is InChI=1S/C13H9BrN2OS/c14-13-15-10-6-7-11(16-12(10)18-13)17-8-9-4-2-1-3-5-9/h1-7H,8H2. The van der Waals surface area contributed by atoms with Crippen LogP contribution in [0.5, 0.6) is 5.88 Å². The molecule has 0 amide bonds. The van der Waals surface area contributed by atoms with E-state index in [0.29, 0.717) is 12.5 Å². The van der Waals surface area contributed by atoms with Crippen LogP contribution in [-0.4, -0.2) is 9.97 Å². The highest BCUT2D eigenvalue weighted by Gasteiger charge is 2.04. The smallest absolute Gasteiger partial charge is 0.215 e. The van der Waals surface area contributed by atoms with Gasteiger partial charge in [-0.25, -0.2) is 9.97 Å². The lowest BCUT2D eigenvalue weighted by molar-refractivity contribution is 0.295. The third-order valence-corrected chi connectivity index (χ3v) is 3.85. The Labute approximate surface area is 117 Å². The number of thiazole rings is 1. The number of ether oxygens (including phenoxy) is 1. The molecule has 0 bridgehead atoms. The minimum Gasteiger partial charge on any atom is -0.473 e. The Morgan fingerprint density at radius 1 is 1.06 bits per heavy atom. The average molecular weight is 321 g/mol. The zero-order valence-corrected chi connectivity index (χ0v) is 11.7. The first-order chi connectivity index (χ1) is 8.81. The molecule has 3 nitrogen and oxygen atoms in total. The fraction of sp³-hybridized carbons (Fsp3) is 0.0769. The molecule has 0 atom stereocenters. The van der Waals surface area contributed by atoms with Gasteiger partial charge in [-0.2, -0.15) is 0 Å². The quantitative estimate of drug-likeness (QED) is 0.730. The number of halogens is 1. The Kier molecular flexibility index (Phi) is 3.25. The van der Waals surface area contributed by atoms with Gasteiger partial charge in [0.15, 0.2) is 3.92 Å². The Balaban J connectivity index is 1.78. The van der Waals surface area contributed by atoms with Crippen LogP contribution in [-0.2, 0) is 6.61 Å². The van der Waals surface area contributed by atoms with Crippen molar-refractivity contribution in [1.29, 1.82) is 0 Å². The molecule has 0 aliphatic carbocycles. The maximum Gasteiger partial charge on any atom is 0.215 e. The highest BCUT2D eigenvalue weighted by atomic mass is 79.9. The van der Waals surface area contributed by atoms with Crippen LogP contribution in [0.3, 0.4) is 0 Å². The molecule has 2 heterocycles. The molecule has 1 aromatic carbocycles. The average Bonchev–Trinajstić information content (AvgIpc) is 2.77. The third kappa shape index (κ3) is 2.52. The van der Waals surface area contributed by atoms with Gasteiger partial charge in [-0.15, -0.1) is 0 Å². The first-order valence-electron chi connectivity index (χ1n) is 5.41. The van der Waals surface area contributed by atoms with Crippen molar-refractivity contribution < 1.29 is 4.74 Å². The third-order valence-electron chi connectivity index (χ3n) is 2.43. The van der Waals surface area contributed by atoms with Gasteiger partial charge < -0.3 is 4.74 Å². The van der Waals surface area contributed by atoms with E-state index in [1.807, 2.05) is 42.5 Å². The van der Waals surface area contributed by atoms with Gasteiger partial charge >= 0.3 is 0 Å². The van der Waals surface area contributed by atoms with Crippen molar-refractivity contribution in [2.24, 2.45) is 0 Å². The van der Waals surface area contributed by atoms with Gasteiger partial charge in [0, 0.05) is 6.07 Å². The topological polar surface area (TPSA) is 35.0 Å². The summed E-state index contributed by atoms with van der Waals surface area (Å²) in [5.74, 6) is 0.627. The molecular weight excluding hydrogens is 312 g/mol. The molecule has 0 spiro atoms. The summed E-state index contributed by atoms with van der Waals surface area (Å²) < 4.78 is 6.50. The molecule has 3 aromatic rings. The lowest BCUT2D eigenvalue weighted by Crippen LogP contribution is -1.96. The van der Waals surface area contributed by atoms with Crippen molar-refractivity contribution in [1.82, 2.24) is 9.97 Å². The van der Waals surface area contributed by atoms with Crippen LogP contribution in [0.25, 0.3) is 10.3 Å². The fourth-order valence-corrected chi connectivity index (χ4v) is 2.89. The summed E-state index contributed by atoms with van der Waals surface area (Å²) in [4.78, 5) is 9.59. The van der Waals surface area contributed by atoms with Gasteiger partial charge in [0.1, 0.15) is 17.0 Å². The zero-order valence-electron chi connectivity index (χ0n) is 9.34. The number of hydrogen-bond acceptors (Lipinski definition) is 4. The minimum atomic E-state index is 0.527. The molecule has 5 heteroatoms. The summed E-state index contributed by atoms with van der Waals surface area (Å²) in [6.07, 6.45) is 0. The van der Waals surface area contributed by atoms with E-state index in [0.717, 1.165) is 19.8 Å². The second kappa shape index (κ2) is 5.04. The SMILES string of the molecule is Brc1nc2ccc(OCc3ccccc3)nc2s1. The number of benzene rings is 1. The normalized spacial score (nSPS) is 10.7.